The van der Waals surface area contributed by atoms with Crippen molar-refractivity contribution in [3.63, 3.8) is 0 Å². The lowest BCUT2D eigenvalue weighted by Gasteiger charge is -2.33. The molecule has 1 saturated heterocycles. The second-order valence-electron chi connectivity index (χ2n) is 6.55. The molecule has 2 rings (SSSR count). The Bertz CT molecular complexity index is 515. The molecule has 5 nitrogen and oxygen atoms in total. The van der Waals surface area contributed by atoms with Crippen LogP contribution in [-0.2, 0) is 11.2 Å². The lowest BCUT2D eigenvalue weighted by molar-refractivity contribution is -0.0261. The molecule has 128 valence electrons. The van der Waals surface area contributed by atoms with Crippen LogP contribution in [-0.4, -0.2) is 49.7 Å². The number of guanidine groups is 1. The summed E-state index contributed by atoms with van der Waals surface area (Å²) >= 11 is 0. The summed E-state index contributed by atoms with van der Waals surface area (Å²) in [4.78, 5) is 6.89. The van der Waals surface area contributed by atoms with Crippen molar-refractivity contribution in [1.29, 1.82) is 0 Å². The van der Waals surface area contributed by atoms with Crippen LogP contribution in [0.25, 0.3) is 0 Å². The highest BCUT2D eigenvalue weighted by Gasteiger charge is 2.20. The molecule has 1 aromatic carbocycles. The van der Waals surface area contributed by atoms with Crippen molar-refractivity contribution in [2.24, 2.45) is 16.6 Å². The Kier molecular flexibility index (Phi) is 6.86. The molecule has 1 unspecified atom stereocenters. The number of ether oxygens (including phenoxy) is 1. The van der Waals surface area contributed by atoms with Crippen molar-refractivity contribution in [3.05, 3.63) is 29.8 Å². The predicted molar refractivity (Wildman–Crippen MR) is 97.0 cm³/mol. The molecule has 1 aliphatic rings. The van der Waals surface area contributed by atoms with Gasteiger partial charge in [-0.1, -0.05) is 32.9 Å². The van der Waals surface area contributed by atoms with Gasteiger partial charge < -0.3 is 15.8 Å². The fourth-order valence-corrected chi connectivity index (χ4v) is 2.83. The molecule has 0 amide bonds. The maximum Gasteiger partial charge on any atom is 0.193 e. The molecule has 0 radical (unpaired) electrons. The maximum absolute atomic E-state index is 6.00. The third-order valence-corrected chi connectivity index (χ3v) is 3.92. The van der Waals surface area contributed by atoms with Gasteiger partial charge in [0.2, 0.25) is 0 Å². The first kappa shape index (κ1) is 17.8. The molecule has 1 aliphatic heterocycles. The highest BCUT2D eigenvalue weighted by Crippen LogP contribution is 2.11. The van der Waals surface area contributed by atoms with Crippen molar-refractivity contribution in [1.82, 2.24) is 4.90 Å². The number of nitrogens with zero attached hydrogens (tertiary/aromatic N) is 2. The van der Waals surface area contributed by atoms with E-state index in [4.69, 9.17) is 10.5 Å². The van der Waals surface area contributed by atoms with E-state index in [1.165, 1.54) is 5.56 Å². The summed E-state index contributed by atoms with van der Waals surface area (Å²) in [5, 5.41) is 3.16. The van der Waals surface area contributed by atoms with Crippen LogP contribution in [0.3, 0.4) is 0 Å². The molecule has 0 bridgehead atoms. The summed E-state index contributed by atoms with van der Waals surface area (Å²) in [5.74, 6) is 1.12. The lowest BCUT2D eigenvalue weighted by Crippen LogP contribution is -2.45. The van der Waals surface area contributed by atoms with E-state index in [1.54, 1.807) is 0 Å². The van der Waals surface area contributed by atoms with Crippen molar-refractivity contribution < 1.29 is 4.74 Å². The smallest absolute Gasteiger partial charge is 0.193 e. The van der Waals surface area contributed by atoms with Gasteiger partial charge in [-0.2, -0.15) is 0 Å². The van der Waals surface area contributed by atoms with Gasteiger partial charge >= 0.3 is 0 Å². The predicted octanol–water partition coefficient (Wildman–Crippen LogP) is 2.33. The number of benzene rings is 1. The molecule has 3 N–H and O–H groups in total. The molecule has 0 saturated carbocycles. The second-order valence-corrected chi connectivity index (χ2v) is 6.55. The number of anilines is 1. The van der Waals surface area contributed by atoms with Gasteiger partial charge in [0.05, 0.1) is 19.3 Å². The van der Waals surface area contributed by atoms with Gasteiger partial charge in [-0.25, -0.2) is 0 Å². The monoisotopic (exact) mass is 318 g/mol. The molecule has 0 aliphatic carbocycles. The lowest BCUT2D eigenvalue weighted by atomic mass is 10.1. The number of hydrogen-bond donors (Lipinski definition) is 2. The van der Waals surface area contributed by atoms with Gasteiger partial charge in [-0.3, -0.25) is 9.89 Å². The number of aliphatic imine (C=N–C) groups is 1. The van der Waals surface area contributed by atoms with Crippen molar-refractivity contribution in [3.8, 4) is 0 Å². The highest BCUT2D eigenvalue weighted by molar-refractivity contribution is 5.92. The first-order valence-corrected chi connectivity index (χ1v) is 8.56. The molecule has 0 aromatic heterocycles. The number of nitrogens with one attached hydrogen (secondary N) is 1. The summed E-state index contributed by atoms with van der Waals surface area (Å²) < 4.78 is 5.79. The average Bonchev–Trinajstić information content (AvgIpc) is 2.53. The van der Waals surface area contributed by atoms with Gasteiger partial charge in [-0.05, 0) is 30.0 Å². The first-order valence-electron chi connectivity index (χ1n) is 8.56. The summed E-state index contributed by atoms with van der Waals surface area (Å²) in [6, 6.07) is 8.24. The van der Waals surface area contributed by atoms with Crippen LogP contribution < -0.4 is 11.1 Å². The Morgan fingerprint density at radius 1 is 1.48 bits per heavy atom. The summed E-state index contributed by atoms with van der Waals surface area (Å²) in [6.45, 7) is 11.1. The SMILES string of the molecule is CCc1cccc(NC(N)=NCC2CN(CC(C)C)CCO2)c1. The Labute approximate surface area is 139 Å². The van der Waals surface area contributed by atoms with E-state index in [-0.39, 0.29) is 6.10 Å². The molecular formula is C18H30N4O. The number of nitrogens with two attached hydrogens (primary N) is 1. The zero-order valence-corrected chi connectivity index (χ0v) is 14.6. The number of aryl methyl sites for hydroxylation is 1. The van der Waals surface area contributed by atoms with Crippen LogP contribution in [0.15, 0.2) is 29.3 Å². The van der Waals surface area contributed by atoms with Crippen LogP contribution in [0.2, 0.25) is 0 Å². The Morgan fingerprint density at radius 3 is 3.04 bits per heavy atom. The molecule has 1 aromatic rings. The van der Waals surface area contributed by atoms with E-state index in [2.05, 4.69) is 48.1 Å². The van der Waals surface area contributed by atoms with Gasteiger partial charge in [0.15, 0.2) is 5.96 Å². The minimum Gasteiger partial charge on any atom is -0.374 e. The Morgan fingerprint density at radius 2 is 2.30 bits per heavy atom. The second kappa shape index (κ2) is 8.89. The third-order valence-electron chi connectivity index (χ3n) is 3.92. The summed E-state index contributed by atoms with van der Waals surface area (Å²) in [7, 11) is 0. The third kappa shape index (κ3) is 6.20. The minimum absolute atomic E-state index is 0.129. The molecular weight excluding hydrogens is 288 g/mol. The number of morpholine rings is 1. The van der Waals surface area contributed by atoms with Crippen LogP contribution >= 0.6 is 0 Å². The molecule has 1 heterocycles. The zero-order valence-electron chi connectivity index (χ0n) is 14.6. The average molecular weight is 318 g/mol. The Balaban J connectivity index is 1.83. The van der Waals surface area contributed by atoms with Crippen LogP contribution in [0.1, 0.15) is 26.3 Å². The van der Waals surface area contributed by atoms with E-state index in [0.717, 1.165) is 38.3 Å². The van der Waals surface area contributed by atoms with E-state index in [1.807, 2.05) is 12.1 Å². The maximum atomic E-state index is 6.00. The van der Waals surface area contributed by atoms with Crippen molar-refractivity contribution in [2.75, 3.05) is 38.1 Å². The van der Waals surface area contributed by atoms with Gasteiger partial charge in [-0.15, -0.1) is 0 Å². The van der Waals surface area contributed by atoms with Crippen LogP contribution in [0, 0.1) is 5.92 Å². The fourth-order valence-electron chi connectivity index (χ4n) is 2.83. The standard InChI is InChI=1S/C18H30N4O/c1-4-15-6-5-7-16(10-15)21-18(19)20-11-17-13-22(8-9-23-17)12-14(2)3/h5-7,10,14,17H,4,8-9,11-13H2,1-3H3,(H3,19,20,21). The fraction of sp³-hybridized carbons (Fsp3) is 0.611. The highest BCUT2D eigenvalue weighted by atomic mass is 16.5. The molecule has 23 heavy (non-hydrogen) atoms. The molecule has 5 heteroatoms. The Hall–Kier alpha value is -1.59. The first-order chi connectivity index (χ1) is 11.1. The van der Waals surface area contributed by atoms with E-state index >= 15 is 0 Å². The normalized spacial score (nSPS) is 20.0. The topological polar surface area (TPSA) is 62.9 Å². The van der Waals surface area contributed by atoms with E-state index < -0.39 is 0 Å². The van der Waals surface area contributed by atoms with Crippen molar-refractivity contribution in [2.45, 2.75) is 33.3 Å². The van der Waals surface area contributed by atoms with E-state index in [0.29, 0.717) is 18.4 Å². The van der Waals surface area contributed by atoms with Gasteiger partial charge in [0, 0.05) is 25.3 Å². The molecule has 1 atom stereocenters. The minimum atomic E-state index is 0.129. The molecule has 0 spiro atoms. The van der Waals surface area contributed by atoms with Crippen LogP contribution in [0.4, 0.5) is 5.69 Å². The number of rotatable bonds is 6. The largest absolute Gasteiger partial charge is 0.374 e. The van der Waals surface area contributed by atoms with E-state index in [9.17, 15) is 0 Å². The number of hydrogen-bond acceptors (Lipinski definition) is 3. The quantitative estimate of drug-likeness (QED) is 0.624. The summed E-state index contributed by atoms with van der Waals surface area (Å²) in [6.07, 6.45) is 1.14. The molecule has 1 fully saturated rings. The zero-order chi connectivity index (χ0) is 16.7. The van der Waals surface area contributed by atoms with Crippen molar-refractivity contribution >= 4 is 11.6 Å². The van der Waals surface area contributed by atoms with Crippen LogP contribution in [0.5, 0.6) is 0 Å². The van der Waals surface area contributed by atoms with Gasteiger partial charge in [0.1, 0.15) is 0 Å². The van der Waals surface area contributed by atoms with Gasteiger partial charge in [0.25, 0.3) is 0 Å². The summed E-state index contributed by atoms with van der Waals surface area (Å²) in [5.41, 5.74) is 8.26.